The van der Waals surface area contributed by atoms with Gasteiger partial charge in [-0.05, 0) is 31.2 Å². The molecule has 0 unspecified atom stereocenters. The molecule has 1 aromatic rings. The first-order chi connectivity index (χ1) is 6.86. The summed E-state index contributed by atoms with van der Waals surface area (Å²) in [5.41, 5.74) is 1.28. The standard InChI is InChI=1S/C11H16FNS/c1-13-9-10-4-2-5-11(8-10)14-7-3-6-12/h2,4-5,8,13H,3,6-7,9H2,1H3. The zero-order valence-corrected chi connectivity index (χ0v) is 9.24. The van der Waals surface area contributed by atoms with Gasteiger partial charge in [-0.15, -0.1) is 11.8 Å². The van der Waals surface area contributed by atoms with Gasteiger partial charge in [-0.1, -0.05) is 12.1 Å². The number of hydrogen-bond donors (Lipinski definition) is 1. The van der Waals surface area contributed by atoms with Gasteiger partial charge in [0.25, 0.3) is 0 Å². The van der Waals surface area contributed by atoms with Crippen LogP contribution in [-0.2, 0) is 6.54 Å². The molecule has 1 nitrogen and oxygen atoms in total. The van der Waals surface area contributed by atoms with Crippen LogP contribution in [0.3, 0.4) is 0 Å². The van der Waals surface area contributed by atoms with Gasteiger partial charge in [-0.2, -0.15) is 0 Å². The van der Waals surface area contributed by atoms with E-state index in [1.807, 2.05) is 13.1 Å². The highest BCUT2D eigenvalue weighted by molar-refractivity contribution is 7.99. The molecule has 1 rings (SSSR count). The zero-order valence-electron chi connectivity index (χ0n) is 8.42. The van der Waals surface area contributed by atoms with Crippen molar-refractivity contribution in [1.29, 1.82) is 0 Å². The van der Waals surface area contributed by atoms with Crippen LogP contribution in [0.5, 0.6) is 0 Å². The summed E-state index contributed by atoms with van der Waals surface area (Å²) in [5.74, 6) is 0.861. The third kappa shape index (κ3) is 4.11. The molecule has 0 spiro atoms. The second-order valence-electron chi connectivity index (χ2n) is 3.07. The zero-order chi connectivity index (χ0) is 10.2. The molecule has 3 heteroatoms. The largest absolute Gasteiger partial charge is 0.316 e. The maximum atomic E-state index is 11.9. The summed E-state index contributed by atoms with van der Waals surface area (Å²) in [6, 6.07) is 8.36. The van der Waals surface area contributed by atoms with Crippen molar-refractivity contribution in [3.05, 3.63) is 29.8 Å². The minimum Gasteiger partial charge on any atom is -0.316 e. The van der Waals surface area contributed by atoms with E-state index >= 15 is 0 Å². The Morgan fingerprint density at radius 3 is 3.00 bits per heavy atom. The number of halogens is 1. The van der Waals surface area contributed by atoms with Crippen LogP contribution in [0.15, 0.2) is 29.2 Å². The van der Waals surface area contributed by atoms with Crippen molar-refractivity contribution in [3.63, 3.8) is 0 Å². The molecular formula is C11H16FNS. The molecule has 0 heterocycles. The number of nitrogens with one attached hydrogen (secondary N) is 1. The topological polar surface area (TPSA) is 12.0 Å². The molecule has 0 bridgehead atoms. The van der Waals surface area contributed by atoms with Crippen molar-refractivity contribution in [2.45, 2.75) is 17.9 Å². The molecule has 0 aliphatic carbocycles. The Morgan fingerprint density at radius 2 is 2.29 bits per heavy atom. The first-order valence-corrected chi connectivity index (χ1v) is 5.77. The van der Waals surface area contributed by atoms with Crippen LogP contribution in [0.2, 0.25) is 0 Å². The SMILES string of the molecule is CNCc1cccc(SCCCF)c1. The Hall–Kier alpha value is -0.540. The minimum atomic E-state index is -0.219. The highest BCUT2D eigenvalue weighted by Crippen LogP contribution is 2.19. The van der Waals surface area contributed by atoms with Crippen LogP contribution in [0.4, 0.5) is 4.39 Å². The lowest BCUT2D eigenvalue weighted by molar-refractivity contribution is 0.489. The second kappa shape index (κ2) is 6.85. The lowest BCUT2D eigenvalue weighted by Crippen LogP contribution is -2.04. The van der Waals surface area contributed by atoms with Gasteiger partial charge >= 0.3 is 0 Å². The number of benzene rings is 1. The van der Waals surface area contributed by atoms with Gasteiger partial charge in [0.05, 0.1) is 6.67 Å². The van der Waals surface area contributed by atoms with E-state index < -0.39 is 0 Å². The van der Waals surface area contributed by atoms with E-state index in [1.54, 1.807) is 11.8 Å². The van der Waals surface area contributed by atoms with Crippen LogP contribution < -0.4 is 5.32 Å². The van der Waals surface area contributed by atoms with Crippen molar-refractivity contribution in [2.24, 2.45) is 0 Å². The first kappa shape index (κ1) is 11.5. The molecule has 0 aliphatic heterocycles. The molecule has 0 aliphatic rings. The number of thioether (sulfide) groups is 1. The Kier molecular flexibility index (Phi) is 5.64. The molecule has 0 saturated heterocycles. The summed E-state index contributed by atoms with van der Waals surface area (Å²) < 4.78 is 11.9. The van der Waals surface area contributed by atoms with Gasteiger partial charge < -0.3 is 5.32 Å². The predicted octanol–water partition coefficient (Wildman–Crippen LogP) is 2.86. The summed E-state index contributed by atoms with van der Waals surface area (Å²) in [6.07, 6.45) is 0.640. The highest BCUT2D eigenvalue weighted by Gasteiger charge is 1.96. The average Bonchev–Trinajstić information content (AvgIpc) is 2.19. The molecule has 78 valence electrons. The normalized spacial score (nSPS) is 10.4. The molecule has 0 fully saturated rings. The predicted molar refractivity (Wildman–Crippen MR) is 60.5 cm³/mol. The second-order valence-corrected chi connectivity index (χ2v) is 4.24. The fourth-order valence-corrected chi connectivity index (χ4v) is 2.09. The van der Waals surface area contributed by atoms with Gasteiger partial charge in [0.1, 0.15) is 0 Å². The van der Waals surface area contributed by atoms with Gasteiger partial charge in [0.15, 0.2) is 0 Å². The minimum absolute atomic E-state index is 0.219. The van der Waals surface area contributed by atoms with Gasteiger partial charge in [-0.3, -0.25) is 4.39 Å². The maximum absolute atomic E-state index is 11.9. The van der Waals surface area contributed by atoms with Crippen molar-refractivity contribution < 1.29 is 4.39 Å². The number of hydrogen-bond acceptors (Lipinski definition) is 2. The summed E-state index contributed by atoms with van der Waals surface area (Å²) in [6.45, 7) is 0.667. The molecule has 14 heavy (non-hydrogen) atoms. The number of alkyl halides is 1. The molecule has 0 amide bonds. The first-order valence-electron chi connectivity index (χ1n) is 4.79. The quantitative estimate of drug-likeness (QED) is 0.576. The van der Waals surface area contributed by atoms with Crippen LogP contribution in [0, 0.1) is 0 Å². The summed E-state index contributed by atoms with van der Waals surface area (Å²) in [7, 11) is 1.93. The third-order valence-electron chi connectivity index (χ3n) is 1.83. The van der Waals surface area contributed by atoms with E-state index in [2.05, 4.69) is 23.5 Å². The van der Waals surface area contributed by atoms with Crippen LogP contribution in [-0.4, -0.2) is 19.5 Å². The van der Waals surface area contributed by atoms with E-state index in [9.17, 15) is 4.39 Å². The van der Waals surface area contributed by atoms with Gasteiger partial charge in [0.2, 0.25) is 0 Å². The molecule has 0 atom stereocenters. The maximum Gasteiger partial charge on any atom is 0.0902 e. The monoisotopic (exact) mass is 213 g/mol. The van der Waals surface area contributed by atoms with E-state index in [4.69, 9.17) is 0 Å². The smallest absolute Gasteiger partial charge is 0.0902 e. The molecule has 1 aromatic carbocycles. The van der Waals surface area contributed by atoms with Crippen LogP contribution in [0.1, 0.15) is 12.0 Å². The van der Waals surface area contributed by atoms with Crippen molar-refractivity contribution >= 4 is 11.8 Å². The van der Waals surface area contributed by atoms with Crippen molar-refractivity contribution in [1.82, 2.24) is 5.32 Å². The number of rotatable bonds is 6. The Bertz CT molecular complexity index is 265. The Labute approximate surface area is 89.1 Å². The van der Waals surface area contributed by atoms with E-state index in [1.165, 1.54) is 10.5 Å². The van der Waals surface area contributed by atoms with Crippen LogP contribution >= 0.6 is 11.8 Å². The summed E-state index contributed by atoms with van der Waals surface area (Å²) in [5, 5.41) is 3.11. The van der Waals surface area contributed by atoms with Crippen LogP contribution in [0.25, 0.3) is 0 Å². The third-order valence-corrected chi connectivity index (χ3v) is 2.91. The summed E-state index contributed by atoms with van der Waals surface area (Å²) in [4.78, 5) is 1.23. The average molecular weight is 213 g/mol. The molecule has 0 aromatic heterocycles. The summed E-state index contributed by atoms with van der Waals surface area (Å²) >= 11 is 1.72. The molecule has 0 radical (unpaired) electrons. The molecule has 0 saturated carbocycles. The Morgan fingerprint density at radius 1 is 1.43 bits per heavy atom. The lowest BCUT2D eigenvalue weighted by Gasteiger charge is -2.03. The van der Waals surface area contributed by atoms with E-state index in [-0.39, 0.29) is 6.67 Å². The fourth-order valence-electron chi connectivity index (χ4n) is 1.19. The molecule has 1 N–H and O–H groups in total. The van der Waals surface area contributed by atoms with Crippen molar-refractivity contribution in [3.8, 4) is 0 Å². The Balaban J connectivity index is 2.46. The lowest BCUT2D eigenvalue weighted by atomic mass is 10.2. The van der Waals surface area contributed by atoms with E-state index in [0.29, 0.717) is 6.42 Å². The fraction of sp³-hybridized carbons (Fsp3) is 0.455. The van der Waals surface area contributed by atoms with E-state index in [0.717, 1.165) is 12.3 Å². The van der Waals surface area contributed by atoms with Gasteiger partial charge in [0, 0.05) is 17.2 Å². The highest BCUT2D eigenvalue weighted by atomic mass is 32.2. The van der Waals surface area contributed by atoms with Gasteiger partial charge in [-0.25, -0.2) is 0 Å². The van der Waals surface area contributed by atoms with Crippen molar-refractivity contribution in [2.75, 3.05) is 19.5 Å². The molecular weight excluding hydrogens is 197 g/mol.